The van der Waals surface area contributed by atoms with E-state index in [-0.39, 0.29) is 24.3 Å². The summed E-state index contributed by atoms with van der Waals surface area (Å²) in [5.74, 6) is -0.333. The summed E-state index contributed by atoms with van der Waals surface area (Å²) in [6.45, 7) is 4.22. The number of esters is 1. The Morgan fingerprint density at radius 2 is 1.80 bits per heavy atom. The monoisotopic (exact) mass is 690 g/mol. The maximum atomic E-state index is 14.1. The van der Waals surface area contributed by atoms with Crippen molar-refractivity contribution >= 4 is 45.3 Å². The molecule has 232 valence electrons. The number of allylic oxidation sites excluding steroid dienone is 1. The zero-order valence-corrected chi connectivity index (χ0v) is 27.3. The van der Waals surface area contributed by atoms with Crippen molar-refractivity contribution in [2.24, 2.45) is 4.99 Å². The van der Waals surface area contributed by atoms with Gasteiger partial charge >= 0.3 is 11.9 Å². The largest absolute Gasteiger partial charge is 0.496 e. The summed E-state index contributed by atoms with van der Waals surface area (Å²) in [6.07, 6.45) is 3.08. The third-order valence-corrected chi connectivity index (χ3v) is 8.64. The van der Waals surface area contributed by atoms with Crippen LogP contribution in [0.1, 0.15) is 59.8 Å². The lowest BCUT2D eigenvalue weighted by Gasteiger charge is -2.27. The molecule has 0 saturated carbocycles. The number of hydrogen-bond donors (Lipinski definition) is 1. The average Bonchev–Trinajstić information content (AvgIpc) is 3.34. The summed E-state index contributed by atoms with van der Waals surface area (Å²) in [6, 6.07) is 18.5. The molecule has 0 radical (unpaired) electrons. The van der Waals surface area contributed by atoms with Gasteiger partial charge in [0.15, 0.2) is 4.80 Å². The zero-order valence-electron chi connectivity index (χ0n) is 24.9. The van der Waals surface area contributed by atoms with Gasteiger partial charge in [0.25, 0.3) is 5.56 Å². The lowest BCUT2D eigenvalue weighted by atomic mass is 9.93. The molecular formula is C34H31BrN2O7S. The molecule has 3 aromatic carbocycles. The van der Waals surface area contributed by atoms with Crippen molar-refractivity contribution in [2.75, 3.05) is 13.7 Å². The van der Waals surface area contributed by atoms with E-state index in [1.165, 1.54) is 23.5 Å². The van der Waals surface area contributed by atoms with Crippen molar-refractivity contribution in [1.82, 2.24) is 4.57 Å². The molecule has 1 aliphatic rings. The van der Waals surface area contributed by atoms with Crippen LogP contribution >= 0.6 is 27.3 Å². The van der Waals surface area contributed by atoms with E-state index in [2.05, 4.69) is 15.9 Å². The van der Waals surface area contributed by atoms with Gasteiger partial charge in [-0.05, 0) is 73.0 Å². The van der Waals surface area contributed by atoms with Gasteiger partial charge in [0.2, 0.25) is 0 Å². The summed E-state index contributed by atoms with van der Waals surface area (Å²) in [5.41, 5.74) is 3.12. The highest BCUT2D eigenvalue weighted by atomic mass is 79.9. The van der Waals surface area contributed by atoms with E-state index in [1.807, 2.05) is 43.3 Å². The molecule has 1 aliphatic heterocycles. The van der Waals surface area contributed by atoms with Crippen LogP contribution < -0.4 is 24.4 Å². The molecule has 1 atom stereocenters. The minimum absolute atomic E-state index is 0.186. The van der Waals surface area contributed by atoms with Crippen LogP contribution in [0.15, 0.2) is 92.3 Å². The van der Waals surface area contributed by atoms with E-state index in [9.17, 15) is 14.4 Å². The second-order valence-electron chi connectivity index (χ2n) is 10.2. The summed E-state index contributed by atoms with van der Waals surface area (Å²) >= 11 is 4.80. The summed E-state index contributed by atoms with van der Waals surface area (Å²) in [5, 5.41) is 9.08. The molecule has 0 fully saturated rings. The molecule has 45 heavy (non-hydrogen) atoms. The Kier molecular flexibility index (Phi) is 9.99. The van der Waals surface area contributed by atoms with E-state index in [1.54, 1.807) is 42.9 Å². The summed E-state index contributed by atoms with van der Waals surface area (Å²) in [4.78, 5) is 43.9. The van der Waals surface area contributed by atoms with Crippen molar-refractivity contribution in [3.05, 3.63) is 124 Å². The topological polar surface area (TPSA) is 116 Å². The highest BCUT2D eigenvalue weighted by molar-refractivity contribution is 9.10. The van der Waals surface area contributed by atoms with Crippen LogP contribution in [0.5, 0.6) is 11.5 Å². The molecule has 0 unspecified atom stereocenters. The summed E-state index contributed by atoms with van der Waals surface area (Å²) in [7, 11) is 1.56. The Balaban J connectivity index is 1.53. The first-order chi connectivity index (χ1) is 21.7. The molecular weight excluding hydrogens is 660 g/mol. The van der Waals surface area contributed by atoms with Gasteiger partial charge in [0, 0.05) is 10.0 Å². The lowest BCUT2D eigenvalue weighted by molar-refractivity contribution is -0.139. The van der Waals surface area contributed by atoms with E-state index in [4.69, 9.17) is 24.3 Å². The van der Waals surface area contributed by atoms with Gasteiger partial charge in [-0.25, -0.2) is 14.6 Å². The maximum absolute atomic E-state index is 14.1. The molecule has 1 aromatic heterocycles. The maximum Gasteiger partial charge on any atom is 0.338 e. The van der Waals surface area contributed by atoms with Gasteiger partial charge in [-0.15, -0.1) is 0 Å². The molecule has 4 aromatic rings. The fourth-order valence-corrected chi connectivity index (χ4v) is 6.45. The molecule has 0 amide bonds. The number of carbonyl (C=O) groups excluding carboxylic acids is 1. The highest BCUT2D eigenvalue weighted by Gasteiger charge is 2.36. The molecule has 5 rings (SSSR count). The molecule has 2 heterocycles. The first-order valence-corrected chi connectivity index (χ1v) is 16.0. The summed E-state index contributed by atoms with van der Waals surface area (Å²) < 4.78 is 19.8. The van der Waals surface area contributed by atoms with Gasteiger partial charge in [-0.3, -0.25) is 9.36 Å². The number of fused-ring (bicyclic) bond motifs is 1. The number of aromatic carboxylic acids is 1. The van der Waals surface area contributed by atoms with Crippen LogP contribution in [0, 0.1) is 0 Å². The van der Waals surface area contributed by atoms with Crippen LogP contribution in [0.4, 0.5) is 0 Å². The van der Waals surface area contributed by atoms with Crippen LogP contribution in [0.2, 0.25) is 0 Å². The molecule has 0 spiro atoms. The van der Waals surface area contributed by atoms with Crippen molar-refractivity contribution in [2.45, 2.75) is 39.3 Å². The van der Waals surface area contributed by atoms with Gasteiger partial charge in [0.05, 0.1) is 35.1 Å². The predicted octanol–water partition coefficient (Wildman–Crippen LogP) is 5.63. The van der Waals surface area contributed by atoms with Gasteiger partial charge < -0.3 is 19.3 Å². The Labute approximate surface area is 271 Å². The number of hydrogen-bond acceptors (Lipinski definition) is 8. The lowest BCUT2D eigenvalue weighted by Crippen LogP contribution is -2.40. The number of methoxy groups -OCH3 is 1. The number of carbonyl (C=O) groups is 2. The fraction of sp³-hybridized carbons (Fsp3) is 0.235. The molecule has 9 nitrogen and oxygen atoms in total. The second-order valence-corrected chi connectivity index (χ2v) is 12.1. The van der Waals surface area contributed by atoms with E-state index in [0.717, 1.165) is 22.0 Å². The van der Waals surface area contributed by atoms with Crippen LogP contribution in [-0.2, 0) is 16.1 Å². The molecule has 0 saturated heterocycles. The standard InChI is InChI=1S/C34H31BrN2O7S/c1-4-6-26-29(33(41)43-5-2)30(25-18-23(35)13-16-27(25)42-3)37-31(38)28(45-34(37)36-26)17-20-9-14-24(15-10-20)44-19-21-7-11-22(12-8-21)32(39)40/h7-18,30H,4-6,19H2,1-3H3,(H,39,40)/b28-17+/t30-/m1/s1. The Hall–Kier alpha value is -4.48. The minimum Gasteiger partial charge on any atom is -0.496 e. The number of rotatable bonds is 11. The van der Waals surface area contributed by atoms with Gasteiger partial charge in [-0.1, -0.05) is 64.9 Å². The van der Waals surface area contributed by atoms with Crippen LogP contribution in [0.3, 0.4) is 0 Å². The third-order valence-electron chi connectivity index (χ3n) is 7.16. The van der Waals surface area contributed by atoms with Crippen LogP contribution in [0.25, 0.3) is 6.08 Å². The minimum atomic E-state index is -0.977. The number of carboxylic acid groups (broad SMARTS) is 1. The third kappa shape index (κ3) is 6.94. The highest BCUT2D eigenvalue weighted by Crippen LogP contribution is 2.38. The van der Waals surface area contributed by atoms with Crippen molar-refractivity contribution in [3.8, 4) is 11.5 Å². The SMILES string of the molecule is CCCC1=C(C(=O)OCC)[C@@H](c2cc(Br)ccc2OC)n2c(s/c(=C/c3ccc(OCc4ccc(C(=O)O)cc4)cc3)c2=O)=N1. The normalized spacial score (nSPS) is 14.5. The van der Waals surface area contributed by atoms with E-state index >= 15 is 0 Å². The van der Waals surface area contributed by atoms with Crippen molar-refractivity contribution in [1.29, 1.82) is 0 Å². The van der Waals surface area contributed by atoms with Crippen molar-refractivity contribution < 1.29 is 28.9 Å². The Morgan fingerprint density at radius 3 is 2.44 bits per heavy atom. The number of carboxylic acids is 1. The molecule has 11 heteroatoms. The quantitative estimate of drug-likeness (QED) is 0.203. The van der Waals surface area contributed by atoms with Crippen LogP contribution in [-0.4, -0.2) is 35.3 Å². The molecule has 0 aliphatic carbocycles. The zero-order chi connectivity index (χ0) is 32.1. The van der Waals surface area contributed by atoms with E-state index < -0.39 is 18.0 Å². The van der Waals surface area contributed by atoms with Gasteiger partial charge in [-0.2, -0.15) is 0 Å². The number of benzene rings is 3. The number of aromatic nitrogens is 1. The number of thiazole rings is 1. The predicted molar refractivity (Wildman–Crippen MR) is 175 cm³/mol. The molecule has 0 bridgehead atoms. The van der Waals surface area contributed by atoms with E-state index in [0.29, 0.717) is 44.1 Å². The number of halogens is 1. The second kappa shape index (κ2) is 14.1. The Bertz CT molecular complexity index is 1940. The fourth-order valence-electron chi connectivity index (χ4n) is 5.06. The first-order valence-electron chi connectivity index (χ1n) is 14.3. The number of nitrogens with zero attached hydrogens (tertiary/aromatic N) is 2. The van der Waals surface area contributed by atoms with Crippen molar-refractivity contribution in [3.63, 3.8) is 0 Å². The molecule has 1 N–H and O–H groups in total. The Morgan fingerprint density at radius 1 is 1.07 bits per heavy atom. The average molecular weight is 692 g/mol. The van der Waals surface area contributed by atoms with Gasteiger partial charge in [0.1, 0.15) is 24.1 Å². The smallest absolute Gasteiger partial charge is 0.338 e. The first kappa shape index (κ1) is 31.9. The number of ether oxygens (including phenoxy) is 3.